The highest BCUT2D eigenvalue weighted by Gasteiger charge is 2.30. The van der Waals surface area contributed by atoms with Gasteiger partial charge >= 0.3 is 0 Å². The number of hydrogen-bond donors (Lipinski definition) is 0. The van der Waals surface area contributed by atoms with Gasteiger partial charge in [0.05, 0.1) is 14.7 Å². The number of rotatable bonds is 4. The third-order valence-corrected chi connectivity index (χ3v) is 6.64. The van der Waals surface area contributed by atoms with Gasteiger partial charge in [-0.1, -0.05) is 18.2 Å². The molecule has 1 saturated heterocycles. The summed E-state index contributed by atoms with van der Waals surface area (Å²) in [5.41, 5.74) is 0.523. The molecule has 1 heterocycles. The summed E-state index contributed by atoms with van der Waals surface area (Å²) in [6.07, 6.45) is 0. The number of nitrogens with zero attached hydrogens (tertiary/aromatic N) is 3. The van der Waals surface area contributed by atoms with E-state index in [-0.39, 0.29) is 21.0 Å². The lowest BCUT2D eigenvalue weighted by atomic mass is 10.1. The predicted molar refractivity (Wildman–Crippen MR) is 99.4 cm³/mol. The molecule has 0 bridgehead atoms. The topological polar surface area (TPSA) is 83.8 Å². The first-order valence-corrected chi connectivity index (χ1v) is 9.82. The van der Waals surface area contributed by atoms with Gasteiger partial charge in [0.1, 0.15) is 5.69 Å². The van der Waals surface area contributed by atoms with E-state index in [2.05, 4.69) is 4.90 Å². The Hall–Kier alpha value is -2.45. The zero-order chi connectivity index (χ0) is 18.9. The summed E-state index contributed by atoms with van der Waals surface area (Å²) in [4.78, 5) is 15.5. The van der Waals surface area contributed by atoms with E-state index in [4.69, 9.17) is 0 Å². The Kier molecular flexibility index (Phi) is 4.97. The van der Waals surface area contributed by atoms with Crippen molar-refractivity contribution in [1.82, 2.24) is 4.90 Å². The van der Waals surface area contributed by atoms with Crippen molar-refractivity contribution in [3.63, 3.8) is 0 Å². The standard InChI is InChI=1S/C18H21N3O4S/c1-14-17(26(24,25)15-6-4-3-5-7-15)9-8-16(18(14)21(22)23)20-12-10-19(2)11-13-20/h3-9H,10-13H2,1-2H3. The highest BCUT2D eigenvalue weighted by atomic mass is 32.2. The van der Waals surface area contributed by atoms with Crippen LogP contribution in [0, 0.1) is 17.0 Å². The molecule has 0 unspecified atom stereocenters. The summed E-state index contributed by atoms with van der Waals surface area (Å²) in [7, 11) is -1.81. The van der Waals surface area contributed by atoms with Crippen LogP contribution < -0.4 is 4.90 Å². The van der Waals surface area contributed by atoms with Crippen LogP contribution in [0.2, 0.25) is 0 Å². The molecule has 0 aliphatic carbocycles. The van der Waals surface area contributed by atoms with Crippen LogP contribution in [0.4, 0.5) is 11.4 Å². The Labute approximate surface area is 152 Å². The lowest BCUT2D eigenvalue weighted by molar-refractivity contribution is -0.384. The first-order valence-electron chi connectivity index (χ1n) is 8.34. The molecular formula is C18H21N3O4S. The van der Waals surface area contributed by atoms with E-state index in [1.807, 2.05) is 11.9 Å². The molecule has 0 aromatic heterocycles. The summed E-state index contributed by atoms with van der Waals surface area (Å²) in [5, 5.41) is 11.7. The van der Waals surface area contributed by atoms with E-state index in [1.165, 1.54) is 25.1 Å². The second-order valence-electron chi connectivity index (χ2n) is 6.42. The molecule has 0 radical (unpaired) electrons. The number of nitro benzene ring substituents is 1. The van der Waals surface area contributed by atoms with Crippen LogP contribution in [-0.2, 0) is 9.84 Å². The number of anilines is 1. The Bertz CT molecular complexity index is 921. The van der Waals surface area contributed by atoms with E-state index in [0.29, 0.717) is 18.8 Å². The van der Waals surface area contributed by atoms with Crippen LogP contribution in [-0.4, -0.2) is 51.5 Å². The molecule has 0 spiro atoms. The van der Waals surface area contributed by atoms with Crippen LogP contribution in [0.3, 0.4) is 0 Å². The van der Waals surface area contributed by atoms with Crippen molar-refractivity contribution < 1.29 is 13.3 Å². The minimum Gasteiger partial charge on any atom is -0.363 e. The third-order valence-electron chi connectivity index (χ3n) is 4.73. The molecule has 138 valence electrons. The van der Waals surface area contributed by atoms with Gasteiger partial charge in [-0.2, -0.15) is 0 Å². The Morgan fingerprint density at radius 2 is 1.62 bits per heavy atom. The van der Waals surface area contributed by atoms with Crippen molar-refractivity contribution in [3.8, 4) is 0 Å². The average molecular weight is 375 g/mol. The summed E-state index contributed by atoms with van der Waals surface area (Å²) in [5.74, 6) is 0. The quantitative estimate of drug-likeness (QED) is 0.603. The summed E-state index contributed by atoms with van der Waals surface area (Å²) in [6, 6.07) is 11.0. The molecule has 0 saturated carbocycles. The van der Waals surface area contributed by atoms with Gasteiger partial charge in [0.25, 0.3) is 5.69 Å². The normalized spacial score (nSPS) is 15.8. The first-order chi connectivity index (χ1) is 12.3. The van der Waals surface area contributed by atoms with E-state index in [9.17, 15) is 18.5 Å². The van der Waals surface area contributed by atoms with Gasteiger partial charge < -0.3 is 9.80 Å². The lowest BCUT2D eigenvalue weighted by Gasteiger charge is -2.34. The van der Waals surface area contributed by atoms with Crippen molar-refractivity contribution in [3.05, 3.63) is 58.1 Å². The smallest absolute Gasteiger partial charge is 0.296 e. The Balaban J connectivity index is 2.10. The SMILES string of the molecule is Cc1c(S(=O)(=O)c2ccccc2)ccc(N2CCN(C)CC2)c1[N+](=O)[O-]. The van der Waals surface area contributed by atoms with Crippen LogP contribution in [0.15, 0.2) is 52.3 Å². The zero-order valence-electron chi connectivity index (χ0n) is 14.8. The fourth-order valence-electron chi connectivity index (χ4n) is 3.22. The number of nitro groups is 1. The van der Waals surface area contributed by atoms with Crippen molar-refractivity contribution in [2.75, 3.05) is 38.1 Å². The number of likely N-dealkylation sites (N-methyl/N-ethyl adjacent to an activating group) is 1. The van der Waals surface area contributed by atoms with E-state index >= 15 is 0 Å². The van der Waals surface area contributed by atoms with Crippen molar-refractivity contribution >= 4 is 21.2 Å². The zero-order valence-corrected chi connectivity index (χ0v) is 15.6. The number of benzene rings is 2. The van der Waals surface area contributed by atoms with Crippen LogP contribution >= 0.6 is 0 Å². The van der Waals surface area contributed by atoms with Gasteiger partial charge in [-0.05, 0) is 38.2 Å². The van der Waals surface area contributed by atoms with Crippen LogP contribution in [0.25, 0.3) is 0 Å². The molecule has 1 fully saturated rings. The third kappa shape index (κ3) is 3.30. The number of sulfone groups is 1. The fraction of sp³-hybridized carbons (Fsp3) is 0.333. The molecule has 1 aliphatic heterocycles. The second kappa shape index (κ2) is 7.05. The van der Waals surface area contributed by atoms with Gasteiger partial charge in [0.2, 0.25) is 9.84 Å². The number of piperazine rings is 1. The van der Waals surface area contributed by atoms with Crippen LogP contribution in [0.1, 0.15) is 5.56 Å². The molecule has 8 heteroatoms. The van der Waals surface area contributed by atoms with Gasteiger partial charge in [-0.25, -0.2) is 8.42 Å². The molecule has 2 aromatic rings. The van der Waals surface area contributed by atoms with Gasteiger partial charge in [0, 0.05) is 31.7 Å². The first kappa shape index (κ1) is 18.3. The summed E-state index contributed by atoms with van der Waals surface area (Å²) in [6.45, 7) is 4.46. The van der Waals surface area contributed by atoms with E-state index in [0.717, 1.165) is 13.1 Å². The molecule has 1 aliphatic rings. The summed E-state index contributed by atoms with van der Waals surface area (Å²) >= 11 is 0. The molecule has 0 amide bonds. The maximum absolute atomic E-state index is 12.9. The second-order valence-corrected chi connectivity index (χ2v) is 8.34. The fourth-order valence-corrected chi connectivity index (χ4v) is 4.73. The van der Waals surface area contributed by atoms with Gasteiger partial charge in [-0.3, -0.25) is 10.1 Å². The number of hydrogen-bond acceptors (Lipinski definition) is 6. The molecule has 3 rings (SSSR count). The van der Waals surface area contributed by atoms with Crippen molar-refractivity contribution in [2.24, 2.45) is 0 Å². The maximum atomic E-state index is 12.9. The molecule has 7 nitrogen and oxygen atoms in total. The van der Waals surface area contributed by atoms with Gasteiger partial charge in [0.15, 0.2) is 0 Å². The predicted octanol–water partition coefficient (Wildman–Crippen LogP) is 2.49. The maximum Gasteiger partial charge on any atom is 0.296 e. The minimum atomic E-state index is -3.81. The molecule has 0 N–H and O–H groups in total. The minimum absolute atomic E-state index is 0.0201. The highest BCUT2D eigenvalue weighted by molar-refractivity contribution is 7.91. The molecule has 2 aromatic carbocycles. The molecule has 26 heavy (non-hydrogen) atoms. The Morgan fingerprint density at radius 3 is 2.19 bits per heavy atom. The monoisotopic (exact) mass is 375 g/mol. The van der Waals surface area contributed by atoms with E-state index in [1.54, 1.807) is 24.3 Å². The Morgan fingerprint density at radius 1 is 1.00 bits per heavy atom. The largest absolute Gasteiger partial charge is 0.363 e. The average Bonchev–Trinajstić information content (AvgIpc) is 2.62. The van der Waals surface area contributed by atoms with Crippen LogP contribution in [0.5, 0.6) is 0 Å². The molecule has 0 atom stereocenters. The van der Waals surface area contributed by atoms with Crippen molar-refractivity contribution in [2.45, 2.75) is 16.7 Å². The lowest BCUT2D eigenvalue weighted by Crippen LogP contribution is -2.44. The van der Waals surface area contributed by atoms with Crippen molar-refractivity contribution in [1.29, 1.82) is 0 Å². The van der Waals surface area contributed by atoms with Gasteiger partial charge in [-0.15, -0.1) is 0 Å². The van der Waals surface area contributed by atoms with E-state index < -0.39 is 14.8 Å². The molecular weight excluding hydrogens is 354 g/mol. The highest BCUT2D eigenvalue weighted by Crippen LogP contribution is 2.37. The summed E-state index contributed by atoms with van der Waals surface area (Å²) < 4.78 is 25.8.